The fourth-order valence-corrected chi connectivity index (χ4v) is 2.14. The summed E-state index contributed by atoms with van der Waals surface area (Å²) in [6.07, 6.45) is 3.49. The van der Waals surface area contributed by atoms with Crippen LogP contribution in [-0.2, 0) is 0 Å². The van der Waals surface area contributed by atoms with Crippen LogP contribution in [0.1, 0.15) is 40.0 Å². The van der Waals surface area contributed by atoms with Gasteiger partial charge in [0.2, 0.25) is 0 Å². The molecular weight excluding hydrogens is 188 g/mol. The molecule has 0 aromatic heterocycles. The van der Waals surface area contributed by atoms with Gasteiger partial charge in [-0.3, -0.25) is 4.90 Å². The normalized spacial score (nSPS) is 21.0. The van der Waals surface area contributed by atoms with Gasteiger partial charge in [-0.25, -0.2) is 0 Å². The van der Waals surface area contributed by atoms with E-state index in [1.54, 1.807) is 0 Å². The van der Waals surface area contributed by atoms with E-state index in [4.69, 9.17) is 5.73 Å². The number of rotatable bonds is 7. The lowest BCUT2D eigenvalue weighted by atomic mass is 10.0. The molecule has 0 aromatic carbocycles. The third kappa shape index (κ3) is 3.74. The van der Waals surface area contributed by atoms with E-state index in [1.807, 2.05) is 0 Å². The Morgan fingerprint density at radius 1 is 1.40 bits per heavy atom. The Balaban J connectivity index is 2.58. The molecule has 1 rings (SSSR count). The number of aliphatic hydroxyl groups is 1. The minimum absolute atomic E-state index is 0.106. The number of hydrogen-bond donors (Lipinski definition) is 2. The molecule has 2 unspecified atom stereocenters. The van der Waals surface area contributed by atoms with Crippen LogP contribution in [0.3, 0.4) is 0 Å². The van der Waals surface area contributed by atoms with Gasteiger partial charge in [-0.2, -0.15) is 0 Å². The molecule has 0 amide bonds. The zero-order valence-electron chi connectivity index (χ0n) is 10.3. The van der Waals surface area contributed by atoms with E-state index in [0.717, 1.165) is 13.0 Å². The lowest BCUT2D eigenvalue weighted by molar-refractivity contribution is 0.0855. The molecule has 0 bridgehead atoms. The largest absolute Gasteiger partial charge is 0.395 e. The standard InChI is InChI=1S/C12H26N2O/c1-4-11(13)12(8-15)14(7-9(2)3)10-5-6-10/h9-12,15H,4-8,13H2,1-3H3. The van der Waals surface area contributed by atoms with Crippen LogP contribution in [0.25, 0.3) is 0 Å². The van der Waals surface area contributed by atoms with Gasteiger partial charge in [-0.05, 0) is 25.2 Å². The van der Waals surface area contributed by atoms with Crippen LogP contribution in [0, 0.1) is 5.92 Å². The monoisotopic (exact) mass is 214 g/mol. The molecule has 0 aliphatic heterocycles. The topological polar surface area (TPSA) is 49.5 Å². The number of nitrogens with zero attached hydrogens (tertiary/aromatic N) is 1. The fourth-order valence-electron chi connectivity index (χ4n) is 2.14. The zero-order chi connectivity index (χ0) is 11.4. The van der Waals surface area contributed by atoms with Gasteiger partial charge in [-0.15, -0.1) is 0 Å². The van der Waals surface area contributed by atoms with E-state index < -0.39 is 0 Å². The van der Waals surface area contributed by atoms with Crippen LogP contribution in [0.15, 0.2) is 0 Å². The van der Waals surface area contributed by atoms with Crippen molar-refractivity contribution < 1.29 is 5.11 Å². The van der Waals surface area contributed by atoms with Crippen LogP contribution in [0.4, 0.5) is 0 Å². The molecule has 3 N–H and O–H groups in total. The third-order valence-electron chi connectivity index (χ3n) is 3.17. The molecule has 0 saturated heterocycles. The second-order valence-corrected chi connectivity index (χ2v) is 5.14. The maximum atomic E-state index is 9.47. The smallest absolute Gasteiger partial charge is 0.0602 e. The second-order valence-electron chi connectivity index (χ2n) is 5.14. The summed E-state index contributed by atoms with van der Waals surface area (Å²) in [5.74, 6) is 0.642. The van der Waals surface area contributed by atoms with Crippen LogP contribution in [0.5, 0.6) is 0 Å². The molecular formula is C12H26N2O. The molecule has 0 spiro atoms. The van der Waals surface area contributed by atoms with E-state index >= 15 is 0 Å². The van der Waals surface area contributed by atoms with E-state index in [2.05, 4.69) is 25.7 Å². The Morgan fingerprint density at radius 3 is 2.33 bits per heavy atom. The third-order valence-corrected chi connectivity index (χ3v) is 3.17. The molecule has 0 aromatic rings. The first kappa shape index (κ1) is 12.9. The Kier molecular flexibility index (Phi) is 5.03. The van der Waals surface area contributed by atoms with Crippen molar-refractivity contribution >= 4 is 0 Å². The van der Waals surface area contributed by atoms with Crippen molar-refractivity contribution in [1.82, 2.24) is 4.90 Å². The van der Waals surface area contributed by atoms with Gasteiger partial charge in [0, 0.05) is 24.7 Å². The SMILES string of the molecule is CCC(N)C(CO)N(CC(C)C)C1CC1. The van der Waals surface area contributed by atoms with Gasteiger partial charge in [-0.1, -0.05) is 20.8 Å². The Labute approximate surface area is 93.6 Å². The summed E-state index contributed by atoms with van der Waals surface area (Å²) in [7, 11) is 0. The van der Waals surface area contributed by atoms with Crippen LogP contribution >= 0.6 is 0 Å². The maximum absolute atomic E-state index is 9.47. The highest BCUT2D eigenvalue weighted by Crippen LogP contribution is 2.30. The van der Waals surface area contributed by atoms with Crippen molar-refractivity contribution in [2.75, 3.05) is 13.2 Å². The summed E-state index contributed by atoms with van der Waals surface area (Å²) in [6, 6.07) is 0.946. The first-order valence-electron chi connectivity index (χ1n) is 6.22. The molecule has 3 heteroatoms. The first-order chi connectivity index (χ1) is 7.10. The van der Waals surface area contributed by atoms with Gasteiger partial charge in [0.05, 0.1) is 6.61 Å². The van der Waals surface area contributed by atoms with Crippen molar-refractivity contribution in [1.29, 1.82) is 0 Å². The van der Waals surface area contributed by atoms with Crippen molar-refractivity contribution in [2.24, 2.45) is 11.7 Å². The summed E-state index contributed by atoms with van der Waals surface area (Å²) in [6.45, 7) is 7.79. The van der Waals surface area contributed by atoms with Crippen molar-refractivity contribution in [3.05, 3.63) is 0 Å². The van der Waals surface area contributed by atoms with Gasteiger partial charge in [0.15, 0.2) is 0 Å². The highest BCUT2D eigenvalue weighted by molar-refractivity contribution is 4.92. The molecule has 90 valence electrons. The predicted molar refractivity (Wildman–Crippen MR) is 63.7 cm³/mol. The highest BCUT2D eigenvalue weighted by Gasteiger charge is 2.35. The summed E-state index contributed by atoms with van der Waals surface area (Å²) < 4.78 is 0. The average Bonchev–Trinajstić information content (AvgIpc) is 2.99. The van der Waals surface area contributed by atoms with Crippen LogP contribution in [0.2, 0.25) is 0 Å². The van der Waals surface area contributed by atoms with E-state index in [0.29, 0.717) is 12.0 Å². The van der Waals surface area contributed by atoms with Crippen LogP contribution in [-0.4, -0.2) is 41.3 Å². The Bertz CT molecular complexity index is 180. The van der Waals surface area contributed by atoms with Crippen molar-refractivity contribution in [2.45, 2.75) is 58.2 Å². The van der Waals surface area contributed by atoms with Crippen molar-refractivity contribution in [3.63, 3.8) is 0 Å². The minimum Gasteiger partial charge on any atom is -0.395 e. The fraction of sp³-hybridized carbons (Fsp3) is 1.00. The van der Waals surface area contributed by atoms with Crippen molar-refractivity contribution in [3.8, 4) is 0 Å². The Hall–Kier alpha value is -0.120. The molecule has 0 radical (unpaired) electrons. The molecule has 3 nitrogen and oxygen atoms in total. The molecule has 1 fully saturated rings. The lowest BCUT2D eigenvalue weighted by Gasteiger charge is -2.35. The average molecular weight is 214 g/mol. The molecule has 1 aliphatic rings. The summed E-state index contributed by atoms with van der Waals surface area (Å²) in [5, 5.41) is 9.47. The quantitative estimate of drug-likeness (QED) is 0.669. The molecule has 1 aliphatic carbocycles. The summed E-state index contributed by atoms with van der Waals surface area (Å²) in [5.41, 5.74) is 6.07. The summed E-state index contributed by atoms with van der Waals surface area (Å²) in [4.78, 5) is 2.43. The molecule has 2 atom stereocenters. The Morgan fingerprint density at radius 2 is 2.00 bits per heavy atom. The minimum atomic E-state index is 0.106. The molecule has 0 heterocycles. The van der Waals surface area contributed by atoms with Gasteiger partial charge in [0.25, 0.3) is 0 Å². The zero-order valence-corrected chi connectivity index (χ0v) is 10.3. The van der Waals surface area contributed by atoms with Gasteiger partial charge < -0.3 is 10.8 Å². The number of aliphatic hydroxyl groups excluding tert-OH is 1. The predicted octanol–water partition coefficient (Wildman–Crippen LogP) is 1.20. The van der Waals surface area contributed by atoms with Gasteiger partial charge in [0.1, 0.15) is 0 Å². The van der Waals surface area contributed by atoms with E-state index in [1.165, 1.54) is 12.8 Å². The highest BCUT2D eigenvalue weighted by atomic mass is 16.3. The lowest BCUT2D eigenvalue weighted by Crippen LogP contribution is -2.51. The number of hydrogen-bond acceptors (Lipinski definition) is 3. The summed E-state index contributed by atoms with van der Waals surface area (Å²) >= 11 is 0. The second kappa shape index (κ2) is 5.83. The van der Waals surface area contributed by atoms with Gasteiger partial charge >= 0.3 is 0 Å². The van der Waals surface area contributed by atoms with E-state index in [9.17, 15) is 5.11 Å². The molecule has 15 heavy (non-hydrogen) atoms. The van der Waals surface area contributed by atoms with E-state index in [-0.39, 0.29) is 18.7 Å². The van der Waals surface area contributed by atoms with Crippen LogP contribution < -0.4 is 5.73 Å². The first-order valence-corrected chi connectivity index (χ1v) is 6.22. The maximum Gasteiger partial charge on any atom is 0.0602 e. The molecule has 1 saturated carbocycles. The number of nitrogens with two attached hydrogens (primary N) is 1.